The Labute approximate surface area is 130 Å². The smallest absolute Gasteiger partial charge is 0.193 e. The number of anilines is 1. The summed E-state index contributed by atoms with van der Waals surface area (Å²) < 4.78 is 5.10. The molecule has 0 saturated heterocycles. The number of phenolic OH excluding ortho intramolecular Hbond substituents is 1. The largest absolute Gasteiger partial charge is 0.508 e. The molecule has 0 spiro atoms. The maximum Gasteiger partial charge on any atom is 0.193 e. The molecule has 0 aliphatic heterocycles. The molecule has 0 heterocycles. The second-order valence-corrected chi connectivity index (χ2v) is 4.89. The van der Waals surface area contributed by atoms with E-state index in [-0.39, 0.29) is 5.75 Å². The van der Waals surface area contributed by atoms with Gasteiger partial charge in [-0.05, 0) is 54.8 Å². The number of guanidine groups is 1. The molecule has 4 N–H and O–H groups in total. The van der Waals surface area contributed by atoms with E-state index < -0.39 is 0 Å². The summed E-state index contributed by atoms with van der Waals surface area (Å²) in [7, 11) is 1.63. The third-order valence-corrected chi connectivity index (χ3v) is 3.20. The Hall–Kier alpha value is -2.69. The van der Waals surface area contributed by atoms with Crippen LogP contribution in [0, 0.1) is 0 Å². The molecule has 5 heteroatoms. The van der Waals surface area contributed by atoms with Crippen molar-refractivity contribution in [3.05, 3.63) is 54.1 Å². The molecule has 0 aliphatic carbocycles. The van der Waals surface area contributed by atoms with E-state index >= 15 is 0 Å². The summed E-state index contributed by atoms with van der Waals surface area (Å²) >= 11 is 0. The number of hydrogen-bond acceptors (Lipinski definition) is 3. The van der Waals surface area contributed by atoms with Crippen LogP contribution in [0.4, 0.5) is 5.69 Å². The van der Waals surface area contributed by atoms with Crippen LogP contribution in [0.25, 0.3) is 0 Å². The zero-order chi connectivity index (χ0) is 15.8. The Morgan fingerprint density at radius 1 is 1.14 bits per heavy atom. The summed E-state index contributed by atoms with van der Waals surface area (Å²) in [6.07, 6.45) is 1.80. The number of nitrogens with zero attached hydrogens (tertiary/aromatic N) is 1. The standard InChI is InChI=1S/C17H21N3O2/c1-22-16-10-6-14(7-11-16)20-17(18)19-12-2-3-13-4-8-15(21)9-5-13/h4-11,21H,2-3,12H2,1H3,(H3,18,19,20). The van der Waals surface area contributed by atoms with E-state index in [1.165, 1.54) is 5.56 Å². The summed E-state index contributed by atoms with van der Waals surface area (Å²) in [6, 6.07) is 14.7. The van der Waals surface area contributed by atoms with Gasteiger partial charge in [0.15, 0.2) is 5.96 Å². The van der Waals surface area contributed by atoms with E-state index in [1.807, 2.05) is 36.4 Å². The van der Waals surface area contributed by atoms with Gasteiger partial charge in [0, 0.05) is 12.2 Å². The molecule has 2 aromatic rings. The van der Waals surface area contributed by atoms with Gasteiger partial charge in [-0.25, -0.2) is 0 Å². The maximum absolute atomic E-state index is 9.22. The van der Waals surface area contributed by atoms with Gasteiger partial charge >= 0.3 is 0 Å². The molecular formula is C17H21N3O2. The molecule has 116 valence electrons. The van der Waals surface area contributed by atoms with Crippen LogP contribution in [0.1, 0.15) is 12.0 Å². The number of methoxy groups -OCH3 is 1. The summed E-state index contributed by atoms with van der Waals surface area (Å²) in [5.74, 6) is 1.49. The predicted octanol–water partition coefficient (Wildman–Crippen LogP) is 2.76. The molecule has 0 aliphatic rings. The van der Waals surface area contributed by atoms with Gasteiger partial charge in [-0.3, -0.25) is 4.99 Å². The number of aryl methyl sites for hydroxylation is 1. The summed E-state index contributed by atoms with van der Waals surface area (Å²) in [4.78, 5) is 4.30. The predicted molar refractivity (Wildman–Crippen MR) is 89.5 cm³/mol. The Bertz CT molecular complexity index is 607. The van der Waals surface area contributed by atoms with Crippen LogP contribution in [-0.4, -0.2) is 24.7 Å². The zero-order valence-electron chi connectivity index (χ0n) is 12.6. The molecule has 0 radical (unpaired) electrons. The molecule has 0 aromatic heterocycles. The molecule has 0 amide bonds. The van der Waals surface area contributed by atoms with Gasteiger partial charge in [0.25, 0.3) is 0 Å². The molecule has 0 atom stereocenters. The van der Waals surface area contributed by atoms with E-state index in [4.69, 9.17) is 10.5 Å². The minimum Gasteiger partial charge on any atom is -0.508 e. The number of benzene rings is 2. The zero-order valence-corrected chi connectivity index (χ0v) is 12.6. The summed E-state index contributed by atoms with van der Waals surface area (Å²) in [5.41, 5.74) is 7.90. The van der Waals surface area contributed by atoms with Crippen molar-refractivity contribution in [2.75, 3.05) is 19.0 Å². The second kappa shape index (κ2) is 7.93. The third kappa shape index (κ3) is 5.01. The molecule has 0 saturated carbocycles. The second-order valence-electron chi connectivity index (χ2n) is 4.89. The van der Waals surface area contributed by atoms with E-state index in [0.29, 0.717) is 12.5 Å². The van der Waals surface area contributed by atoms with Crippen LogP contribution in [0.5, 0.6) is 11.5 Å². The van der Waals surface area contributed by atoms with Crippen molar-refractivity contribution in [3.63, 3.8) is 0 Å². The lowest BCUT2D eigenvalue weighted by Crippen LogP contribution is -2.22. The Morgan fingerprint density at radius 3 is 2.45 bits per heavy atom. The van der Waals surface area contributed by atoms with Crippen LogP contribution < -0.4 is 15.8 Å². The Kier molecular flexibility index (Phi) is 5.65. The van der Waals surface area contributed by atoms with E-state index in [9.17, 15) is 5.11 Å². The van der Waals surface area contributed by atoms with Crippen molar-refractivity contribution < 1.29 is 9.84 Å². The first kappa shape index (κ1) is 15.7. The molecular weight excluding hydrogens is 278 g/mol. The lowest BCUT2D eigenvalue weighted by Gasteiger charge is -2.06. The SMILES string of the molecule is COc1ccc(NC(N)=NCCCc2ccc(O)cc2)cc1. The van der Waals surface area contributed by atoms with Crippen LogP contribution in [-0.2, 0) is 6.42 Å². The lowest BCUT2D eigenvalue weighted by molar-refractivity contribution is 0.415. The van der Waals surface area contributed by atoms with Crippen LogP contribution in [0.15, 0.2) is 53.5 Å². The number of ether oxygens (including phenoxy) is 1. The van der Waals surface area contributed by atoms with Crippen molar-refractivity contribution in [1.29, 1.82) is 0 Å². The van der Waals surface area contributed by atoms with E-state index in [2.05, 4.69) is 10.3 Å². The van der Waals surface area contributed by atoms with Gasteiger partial charge in [0.1, 0.15) is 11.5 Å². The monoisotopic (exact) mass is 299 g/mol. The highest BCUT2D eigenvalue weighted by Gasteiger charge is 1.97. The fourth-order valence-corrected chi connectivity index (χ4v) is 2.01. The molecule has 0 fully saturated rings. The Morgan fingerprint density at radius 2 is 1.82 bits per heavy atom. The fourth-order valence-electron chi connectivity index (χ4n) is 2.01. The van der Waals surface area contributed by atoms with Crippen molar-refractivity contribution in [2.45, 2.75) is 12.8 Å². The third-order valence-electron chi connectivity index (χ3n) is 3.20. The number of aliphatic imine (C=N–C) groups is 1. The molecule has 2 aromatic carbocycles. The minimum atomic E-state index is 0.287. The highest BCUT2D eigenvalue weighted by molar-refractivity contribution is 5.92. The molecule has 0 unspecified atom stereocenters. The van der Waals surface area contributed by atoms with Gasteiger partial charge in [-0.2, -0.15) is 0 Å². The van der Waals surface area contributed by atoms with Gasteiger partial charge in [0.2, 0.25) is 0 Å². The van der Waals surface area contributed by atoms with E-state index in [1.54, 1.807) is 19.2 Å². The molecule has 22 heavy (non-hydrogen) atoms. The summed E-state index contributed by atoms with van der Waals surface area (Å²) in [5, 5.41) is 12.3. The number of phenols is 1. The highest BCUT2D eigenvalue weighted by Crippen LogP contribution is 2.14. The van der Waals surface area contributed by atoms with Gasteiger partial charge < -0.3 is 20.9 Å². The summed E-state index contributed by atoms with van der Waals surface area (Å²) in [6.45, 7) is 0.649. The number of hydrogen-bond donors (Lipinski definition) is 3. The van der Waals surface area contributed by atoms with Crippen LogP contribution in [0.2, 0.25) is 0 Å². The number of nitrogens with two attached hydrogens (primary N) is 1. The van der Waals surface area contributed by atoms with Crippen LogP contribution >= 0.6 is 0 Å². The number of nitrogens with one attached hydrogen (secondary N) is 1. The Balaban J connectivity index is 1.76. The van der Waals surface area contributed by atoms with Gasteiger partial charge in [0.05, 0.1) is 7.11 Å². The average molecular weight is 299 g/mol. The maximum atomic E-state index is 9.22. The minimum absolute atomic E-state index is 0.287. The van der Waals surface area contributed by atoms with Crippen molar-refractivity contribution in [2.24, 2.45) is 10.7 Å². The molecule has 2 rings (SSSR count). The van der Waals surface area contributed by atoms with Crippen molar-refractivity contribution in [1.82, 2.24) is 0 Å². The van der Waals surface area contributed by atoms with E-state index in [0.717, 1.165) is 24.3 Å². The number of aromatic hydroxyl groups is 1. The molecule has 5 nitrogen and oxygen atoms in total. The first-order chi connectivity index (χ1) is 10.7. The van der Waals surface area contributed by atoms with Crippen molar-refractivity contribution in [3.8, 4) is 11.5 Å². The fraction of sp³-hybridized carbons (Fsp3) is 0.235. The highest BCUT2D eigenvalue weighted by atomic mass is 16.5. The first-order valence-electron chi connectivity index (χ1n) is 7.16. The van der Waals surface area contributed by atoms with Crippen LogP contribution in [0.3, 0.4) is 0 Å². The first-order valence-corrected chi connectivity index (χ1v) is 7.16. The number of rotatable bonds is 6. The topological polar surface area (TPSA) is 79.9 Å². The quantitative estimate of drug-likeness (QED) is 0.435. The lowest BCUT2D eigenvalue weighted by atomic mass is 10.1. The molecule has 0 bridgehead atoms. The van der Waals surface area contributed by atoms with Gasteiger partial charge in [-0.15, -0.1) is 0 Å². The van der Waals surface area contributed by atoms with Crippen molar-refractivity contribution >= 4 is 11.6 Å². The van der Waals surface area contributed by atoms with Gasteiger partial charge in [-0.1, -0.05) is 12.1 Å². The normalized spacial score (nSPS) is 11.2. The average Bonchev–Trinajstić information content (AvgIpc) is 2.54.